The van der Waals surface area contributed by atoms with E-state index in [1.807, 2.05) is 41.1 Å². The van der Waals surface area contributed by atoms with Crippen LogP contribution in [0.25, 0.3) is 34.1 Å². The van der Waals surface area contributed by atoms with Gasteiger partial charge in [-0.15, -0.1) is 0 Å². The number of nitrogens with one attached hydrogen (secondary N) is 1. The van der Waals surface area contributed by atoms with Crippen LogP contribution >= 0.6 is 15.9 Å². The van der Waals surface area contributed by atoms with Gasteiger partial charge in [-0.3, -0.25) is 9.36 Å². The standard InChI is InChI=1S/C25H21BrN8O/c1-14(35)30-20-8-5-15-12-16(6-7-17(15)20)34-24(18-4-2-9-28-23(18)27)32-22-19(26)13-21(31-25(22)34)33-11-3-10-29-33/h2-4,6-7,9-13,20H,5,8H2,1H3,(H2,27,28)(H,30,35)/t20-/m0/s1. The first kappa shape index (κ1) is 21.5. The molecular formula is C25H21BrN8O. The highest BCUT2D eigenvalue weighted by Gasteiger charge is 2.26. The number of rotatable bonds is 4. The number of nitrogen functional groups attached to an aromatic ring is 1. The third-order valence-corrected chi connectivity index (χ3v) is 6.82. The molecular weight excluding hydrogens is 508 g/mol. The largest absolute Gasteiger partial charge is 0.383 e. The number of aryl methyl sites for hydroxylation is 1. The van der Waals surface area contributed by atoms with Crippen LogP contribution in [0.1, 0.15) is 30.5 Å². The van der Waals surface area contributed by atoms with Crippen molar-refractivity contribution in [1.29, 1.82) is 0 Å². The third-order valence-electron chi connectivity index (χ3n) is 6.21. The number of hydrogen-bond donors (Lipinski definition) is 2. The molecule has 1 aliphatic rings. The minimum absolute atomic E-state index is 0.0259. The lowest BCUT2D eigenvalue weighted by Crippen LogP contribution is -2.24. The Balaban J connectivity index is 1.60. The maximum atomic E-state index is 11.6. The minimum Gasteiger partial charge on any atom is -0.383 e. The fourth-order valence-electron chi connectivity index (χ4n) is 4.69. The molecule has 1 amide bonds. The van der Waals surface area contributed by atoms with Crippen LogP contribution in [0.15, 0.2) is 65.5 Å². The summed E-state index contributed by atoms with van der Waals surface area (Å²) in [6.07, 6.45) is 6.97. The molecule has 10 heteroatoms. The number of imidazole rings is 1. The molecule has 1 atom stereocenters. The summed E-state index contributed by atoms with van der Waals surface area (Å²) in [6, 6.07) is 13.8. The van der Waals surface area contributed by atoms with E-state index in [-0.39, 0.29) is 11.9 Å². The van der Waals surface area contributed by atoms with Crippen molar-refractivity contribution in [2.45, 2.75) is 25.8 Å². The zero-order chi connectivity index (χ0) is 24.1. The maximum absolute atomic E-state index is 11.6. The van der Waals surface area contributed by atoms with E-state index < -0.39 is 0 Å². The number of pyridine rings is 2. The lowest BCUT2D eigenvalue weighted by Gasteiger charge is -2.15. The fraction of sp³-hybridized carbons (Fsp3) is 0.160. The molecule has 9 nitrogen and oxygen atoms in total. The van der Waals surface area contributed by atoms with Crippen molar-refractivity contribution in [2.75, 3.05) is 5.73 Å². The van der Waals surface area contributed by atoms with Crippen LogP contribution < -0.4 is 11.1 Å². The van der Waals surface area contributed by atoms with Crippen LogP contribution in [0.2, 0.25) is 0 Å². The molecule has 0 unspecified atom stereocenters. The first-order valence-corrected chi connectivity index (χ1v) is 12.0. The van der Waals surface area contributed by atoms with E-state index in [2.05, 4.69) is 43.5 Å². The van der Waals surface area contributed by atoms with E-state index in [9.17, 15) is 4.79 Å². The van der Waals surface area contributed by atoms with Crippen molar-refractivity contribution in [2.24, 2.45) is 0 Å². The molecule has 6 rings (SSSR count). The van der Waals surface area contributed by atoms with Crippen LogP contribution in [-0.4, -0.2) is 35.2 Å². The van der Waals surface area contributed by atoms with E-state index in [0.29, 0.717) is 28.6 Å². The van der Waals surface area contributed by atoms with Gasteiger partial charge in [0.25, 0.3) is 0 Å². The lowest BCUT2D eigenvalue weighted by atomic mass is 10.1. The first-order valence-electron chi connectivity index (χ1n) is 11.2. The summed E-state index contributed by atoms with van der Waals surface area (Å²) in [4.78, 5) is 25.8. The highest BCUT2D eigenvalue weighted by Crippen LogP contribution is 2.37. The van der Waals surface area contributed by atoms with Crippen LogP contribution in [0.3, 0.4) is 0 Å². The zero-order valence-corrected chi connectivity index (χ0v) is 20.4. The molecule has 174 valence electrons. The Morgan fingerprint density at radius 3 is 2.83 bits per heavy atom. The van der Waals surface area contributed by atoms with Crippen molar-refractivity contribution in [1.82, 2.24) is 34.6 Å². The highest BCUT2D eigenvalue weighted by atomic mass is 79.9. The van der Waals surface area contributed by atoms with E-state index in [1.54, 1.807) is 24.0 Å². The van der Waals surface area contributed by atoms with Crippen molar-refractivity contribution in [3.05, 3.63) is 76.7 Å². The molecule has 35 heavy (non-hydrogen) atoms. The zero-order valence-electron chi connectivity index (χ0n) is 18.8. The van der Waals surface area contributed by atoms with Crippen molar-refractivity contribution in [3.63, 3.8) is 0 Å². The number of fused-ring (bicyclic) bond motifs is 2. The number of anilines is 1. The minimum atomic E-state index is -0.0259. The van der Waals surface area contributed by atoms with Crippen molar-refractivity contribution >= 4 is 38.8 Å². The van der Waals surface area contributed by atoms with Gasteiger partial charge in [0, 0.05) is 31.2 Å². The fourth-order valence-corrected chi connectivity index (χ4v) is 5.16. The second kappa shape index (κ2) is 8.31. The van der Waals surface area contributed by atoms with Crippen LogP contribution in [0, 0.1) is 0 Å². The number of benzene rings is 1. The Hall–Kier alpha value is -4.05. The van der Waals surface area contributed by atoms with Gasteiger partial charge in [0.2, 0.25) is 5.91 Å². The smallest absolute Gasteiger partial charge is 0.217 e. The SMILES string of the molecule is CC(=O)N[C@H]1CCc2cc(-n3c(-c4cccnc4N)nc4c(Br)cc(-n5cccn5)nc43)ccc21. The van der Waals surface area contributed by atoms with Gasteiger partial charge in [0.15, 0.2) is 17.3 Å². The number of halogens is 1. The van der Waals surface area contributed by atoms with Gasteiger partial charge in [0.1, 0.15) is 11.3 Å². The Morgan fingerprint density at radius 1 is 1.17 bits per heavy atom. The van der Waals surface area contributed by atoms with E-state index in [1.165, 1.54) is 5.56 Å². The van der Waals surface area contributed by atoms with E-state index in [4.69, 9.17) is 15.7 Å². The molecule has 0 bridgehead atoms. The molecule has 0 spiro atoms. The first-order chi connectivity index (χ1) is 17.0. The van der Waals surface area contributed by atoms with E-state index in [0.717, 1.165) is 34.1 Å². The predicted molar refractivity (Wildman–Crippen MR) is 136 cm³/mol. The maximum Gasteiger partial charge on any atom is 0.217 e. The van der Waals surface area contributed by atoms with Crippen molar-refractivity contribution < 1.29 is 4.79 Å². The number of nitrogens with zero attached hydrogens (tertiary/aromatic N) is 6. The number of amides is 1. The summed E-state index contributed by atoms with van der Waals surface area (Å²) in [7, 11) is 0. The average Bonchev–Trinajstić information content (AvgIpc) is 3.58. The van der Waals surface area contributed by atoms with Gasteiger partial charge in [0.05, 0.1) is 16.1 Å². The normalized spacial score (nSPS) is 14.9. The molecule has 4 aromatic heterocycles. The Morgan fingerprint density at radius 2 is 2.06 bits per heavy atom. The Bertz CT molecular complexity index is 1590. The lowest BCUT2D eigenvalue weighted by molar-refractivity contribution is -0.119. The predicted octanol–water partition coefficient (Wildman–Crippen LogP) is 4.14. The Kier molecular flexibility index (Phi) is 5.10. The molecule has 5 aromatic rings. The van der Waals surface area contributed by atoms with Crippen LogP contribution in [-0.2, 0) is 11.2 Å². The van der Waals surface area contributed by atoms with Crippen LogP contribution in [0.5, 0.6) is 0 Å². The molecule has 0 fully saturated rings. The summed E-state index contributed by atoms with van der Waals surface area (Å²) >= 11 is 3.68. The monoisotopic (exact) mass is 528 g/mol. The highest BCUT2D eigenvalue weighted by molar-refractivity contribution is 9.10. The topological polar surface area (TPSA) is 117 Å². The summed E-state index contributed by atoms with van der Waals surface area (Å²) in [6.45, 7) is 1.55. The molecule has 0 radical (unpaired) electrons. The average molecular weight is 529 g/mol. The number of nitrogens with two attached hydrogens (primary N) is 1. The van der Waals surface area contributed by atoms with Crippen molar-refractivity contribution in [3.8, 4) is 22.9 Å². The van der Waals surface area contributed by atoms with Gasteiger partial charge >= 0.3 is 0 Å². The summed E-state index contributed by atoms with van der Waals surface area (Å²) in [5.74, 6) is 1.67. The molecule has 0 saturated heterocycles. The second-order valence-corrected chi connectivity index (χ2v) is 9.32. The van der Waals surface area contributed by atoms with E-state index >= 15 is 0 Å². The quantitative estimate of drug-likeness (QED) is 0.362. The summed E-state index contributed by atoms with van der Waals surface area (Å²) in [5, 5.41) is 7.38. The van der Waals surface area contributed by atoms with Gasteiger partial charge in [-0.2, -0.15) is 5.10 Å². The summed E-state index contributed by atoms with van der Waals surface area (Å²) in [5.41, 5.74) is 11.6. The second-order valence-electron chi connectivity index (χ2n) is 8.47. The molecule has 4 heterocycles. The molecule has 1 aromatic carbocycles. The number of aromatic nitrogens is 6. The van der Waals surface area contributed by atoms with Gasteiger partial charge in [-0.1, -0.05) is 6.07 Å². The molecule has 0 saturated carbocycles. The number of carbonyl (C=O) groups excluding carboxylic acids is 1. The van der Waals surface area contributed by atoms with Gasteiger partial charge in [-0.05, 0) is 76.3 Å². The Labute approximate surface area is 209 Å². The summed E-state index contributed by atoms with van der Waals surface area (Å²) < 4.78 is 4.51. The number of carbonyl (C=O) groups is 1. The third kappa shape index (κ3) is 3.66. The molecule has 3 N–H and O–H groups in total. The van der Waals surface area contributed by atoms with Gasteiger partial charge < -0.3 is 11.1 Å². The van der Waals surface area contributed by atoms with Gasteiger partial charge in [-0.25, -0.2) is 19.6 Å². The number of hydrogen-bond acceptors (Lipinski definition) is 6. The van der Waals surface area contributed by atoms with Crippen LogP contribution in [0.4, 0.5) is 5.82 Å². The molecule has 0 aliphatic heterocycles. The molecule has 1 aliphatic carbocycles.